The lowest BCUT2D eigenvalue weighted by Crippen LogP contribution is -2.47. The van der Waals surface area contributed by atoms with Crippen LogP contribution in [0.25, 0.3) is 0 Å². The summed E-state index contributed by atoms with van der Waals surface area (Å²) in [5, 5.41) is 14.1. The molecule has 2 atom stereocenters. The molecule has 0 aromatic carbocycles. The highest BCUT2D eigenvalue weighted by atomic mass is 16.4. The molecule has 0 aliphatic carbocycles. The second-order valence-corrected chi connectivity index (χ2v) is 4.89. The fourth-order valence-corrected chi connectivity index (χ4v) is 2.83. The number of nitrogens with two attached hydrogens (primary N) is 1. The van der Waals surface area contributed by atoms with Gasteiger partial charge in [0, 0.05) is 18.6 Å². The number of carbonyl (C=O) groups excluding carboxylic acids is 1. The molecule has 0 spiro atoms. The van der Waals surface area contributed by atoms with Gasteiger partial charge in [0.2, 0.25) is 5.91 Å². The summed E-state index contributed by atoms with van der Waals surface area (Å²) in [5.41, 5.74) is 5.30. The highest BCUT2D eigenvalue weighted by Crippen LogP contribution is 2.26. The van der Waals surface area contributed by atoms with E-state index in [0.717, 1.165) is 19.4 Å². The molecule has 0 bridgehead atoms. The van der Waals surface area contributed by atoms with Crippen molar-refractivity contribution in [1.29, 1.82) is 0 Å². The Morgan fingerprint density at radius 1 is 1.47 bits per heavy atom. The smallest absolute Gasteiger partial charge is 0.227 e. The fraction of sp³-hybridized carbons (Fsp3) is 0.818. The van der Waals surface area contributed by atoms with Crippen LogP contribution in [0, 0.1) is 0 Å². The topological polar surface area (TPSA) is 91.0 Å². The van der Waals surface area contributed by atoms with E-state index in [4.69, 9.17) is 10.9 Å². The molecule has 2 heterocycles. The fourth-order valence-electron chi connectivity index (χ4n) is 2.83. The molecule has 4 N–H and O–H groups in total. The van der Waals surface area contributed by atoms with Gasteiger partial charge in [-0.3, -0.25) is 4.79 Å². The van der Waals surface area contributed by atoms with Crippen LogP contribution >= 0.6 is 0 Å². The lowest BCUT2D eigenvalue weighted by Gasteiger charge is -2.35. The highest BCUT2D eigenvalue weighted by Gasteiger charge is 2.32. The first-order valence-corrected chi connectivity index (χ1v) is 6.19. The minimum Gasteiger partial charge on any atom is -0.409 e. The van der Waals surface area contributed by atoms with E-state index in [1.165, 1.54) is 19.4 Å². The summed E-state index contributed by atoms with van der Waals surface area (Å²) in [7, 11) is 0. The molecule has 0 saturated carbocycles. The molecule has 0 aromatic rings. The van der Waals surface area contributed by atoms with Crippen molar-refractivity contribution in [3.8, 4) is 0 Å². The van der Waals surface area contributed by atoms with Gasteiger partial charge in [0.25, 0.3) is 0 Å². The molecule has 2 unspecified atom stereocenters. The van der Waals surface area contributed by atoms with Crippen LogP contribution in [-0.2, 0) is 4.79 Å². The van der Waals surface area contributed by atoms with Crippen molar-refractivity contribution in [2.24, 2.45) is 10.9 Å². The largest absolute Gasteiger partial charge is 0.409 e. The quantitative estimate of drug-likeness (QED) is 0.277. The van der Waals surface area contributed by atoms with Crippen LogP contribution in [0.2, 0.25) is 0 Å². The Balaban J connectivity index is 1.78. The molecule has 2 saturated heterocycles. The number of fused-ring (bicyclic) bond motifs is 1. The number of rotatable bonds is 3. The van der Waals surface area contributed by atoms with Gasteiger partial charge in [0.1, 0.15) is 5.84 Å². The molecule has 2 aliphatic rings. The Labute approximate surface area is 101 Å². The third kappa shape index (κ3) is 3.09. The summed E-state index contributed by atoms with van der Waals surface area (Å²) < 4.78 is 0. The number of nitrogens with zero attached hydrogens (tertiary/aromatic N) is 2. The number of carbonyl (C=O) groups is 1. The van der Waals surface area contributed by atoms with Gasteiger partial charge in [-0.05, 0) is 32.2 Å². The molecule has 2 rings (SSSR count). The molecule has 2 aliphatic heterocycles. The second kappa shape index (κ2) is 5.35. The van der Waals surface area contributed by atoms with E-state index in [1.54, 1.807) is 0 Å². The SMILES string of the molecule is NC(CC(=O)NC1CCN2CCCC2C1)=NO. The zero-order valence-electron chi connectivity index (χ0n) is 9.93. The van der Waals surface area contributed by atoms with E-state index in [1.807, 2.05) is 0 Å². The van der Waals surface area contributed by atoms with E-state index >= 15 is 0 Å². The number of amidine groups is 1. The monoisotopic (exact) mass is 240 g/mol. The number of hydrogen-bond acceptors (Lipinski definition) is 4. The number of oxime groups is 1. The average Bonchev–Trinajstić information content (AvgIpc) is 2.75. The third-order valence-corrected chi connectivity index (χ3v) is 3.66. The summed E-state index contributed by atoms with van der Waals surface area (Å²) in [4.78, 5) is 14.1. The Morgan fingerprint density at radius 3 is 3.06 bits per heavy atom. The molecular formula is C11H20N4O2. The maximum atomic E-state index is 11.6. The van der Waals surface area contributed by atoms with Crippen molar-refractivity contribution in [3.05, 3.63) is 0 Å². The molecular weight excluding hydrogens is 220 g/mol. The summed E-state index contributed by atoms with van der Waals surface area (Å²) >= 11 is 0. The summed E-state index contributed by atoms with van der Waals surface area (Å²) in [6, 6.07) is 0.881. The second-order valence-electron chi connectivity index (χ2n) is 4.89. The minimum atomic E-state index is -0.156. The molecule has 1 amide bonds. The van der Waals surface area contributed by atoms with Crippen LogP contribution in [0.3, 0.4) is 0 Å². The molecule has 17 heavy (non-hydrogen) atoms. The number of amides is 1. The van der Waals surface area contributed by atoms with E-state index in [-0.39, 0.29) is 24.2 Å². The standard InChI is InChI=1S/C11H20N4O2/c12-10(14-17)7-11(16)13-8-3-5-15-4-1-2-9(15)6-8/h8-9,17H,1-7H2,(H2,12,14)(H,13,16). The van der Waals surface area contributed by atoms with Crippen LogP contribution < -0.4 is 11.1 Å². The number of piperidine rings is 1. The maximum Gasteiger partial charge on any atom is 0.227 e. The van der Waals surface area contributed by atoms with Crippen LogP contribution in [0.4, 0.5) is 0 Å². The van der Waals surface area contributed by atoms with Crippen molar-refractivity contribution >= 4 is 11.7 Å². The van der Waals surface area contributed by atoms with Crippen molar-refractivity contribution in [1.82, 2.24) is 10.2 Å². The van der Waals surface area contributed by atoms with Crippen LogP contribution in [0.1, 0.15) is 32.1 Å². The Hall–Kier alpha value is -1.30. The normalized spacial score (nSPS) is 30.0. The van der Waals surface area contributed by atoms with E-state index in [2.05, 4.69) is 15.4 Å². The zero-order chi connectivity index (χ0) is 12.3. The third-order valence-electron chi connectivity index (χ3n) is 3.66. The average molecular weight is 240 g/mol. The Bertz CT molecular complexity index is 319. The first-order chi connectivity index (χ1) is 8.19. The summed E-state index contributed by atoms with van der Waals surface area (Å²) in [5.74, 6) is -0.197. The molecule has 96 valence electrons. The van der Waals surface area contributed by atoms with Crippen LogP contribution in [0.5, 0.6) is 0 Å². The van der Waals surface area contributed by atoms with Gasteiger partial charge in [-0.15, -0.1) is 0 Å². The van der Waals surface area contributed by atoms with Crippen molar-refractivity contribution < 1.29 is 10.0 Å². The number of hydrogen-bond donors (Lipinski definition) is 3. The molecule has 0 radical (unpaired) electrons. The van der Waals surface area contributed by atoms with Crippen LogP contribution in [0.15, 0.2) is 5.16 Å². The molecule has 6 heteroatoms. The minimum absolute atomic E-state index is 0.0264. The zero-order valence-corrected chi connectivity index (χ0v) is 9.93. The van der Waals surface area contributed by atoms with Crippen LogP contribution in [-0.4, -0.2) is 47.0 Å². The molecule has 0 aromatic heterocycles. The van der Waals surface area contributed by atoms with E-state index < -0.39 is 0 Å². The lowest BCUT2D eigenvalue weighted by molar-refractivity contribution is -0.121. The maximum absolute atomic E-state index is 11.6. The Morgan fingerprint density at radius 2 is 2.29 bits per heavy atom. The van der Waals surface area contributed by atoms with Gasteiger partial charge < -0.3 is 21.2 Å². The van der Waals surface area contributed by atoms with Gasteiger partial charge in [-0.2, -0.15) is 0 Å². The number of nitrogens with one attached hydrogen (secondary N) is 1. The van der Waals surface area contributed by atoms with Gasteiger partial charge in [-0.25, -0.2) is 0 Å². The predicted molar refractivity (Wildman–Crippen MR) is 63.8 cm³/mol. The first kappa shape index (κ1) is 12.2. The Kier molecular flexibility index (Phi) is 3.83. The summed E-state index contributed by atoms with van der Waals surface area (Å²) in [6.07, 6.45) is 4.52. The van der Waals surface area contributed by atoms with Crippen molar-refractivity contribution in [3.63, 3.8) is 0 Å². The highest BCUT2D eigenvalue weighted by molar-refractivity contribution is 5.98. The van der Waals surface area contributed by atoms with Gasteiger partial charge in [-0.1, -0.05) is 5.16 Å². The molecule has 6 nitrogen and oxygen atoms in total. The van der Waals surface area contributed by atoms with Gasteiger partial charge >= 0.3 is 0 Å². The summed E-state index contributed by atoms with van der Waals surface area (Å²) in [6.45, 7) is 2.27. The van der Waals surface area contributed by atoms with E-state index in [0.29, 0.717) is 6.04 Å². The van der Waals surface area contributed by atoms with Gasteiger partial charge in [0.15, 0.2) is 0 Å². The van der Waals surface area contributed by atoms with Crippen molar-refractivity contribution in [2.75, 3.05) is 13.1 Å². The van der Waals surface area contributed by atoms with Gasteiger partial charge in [0.05, 0.1) is 6.42 Å². The van der Waals surface area contributed by atoms with E-state index in [9.17, 15) is 4.79 Å². The van der Waals surface area contributed by atoms with Crippen molar-refractivity contribution in [2.45, 2.75) is 44.2 Å². The first-order valence-electron chi connectivity index (χ1n) is 6.19. The predicted octanol–water partition coefficient (Wildman–Crippen LogP) is -0.134. The molecule has 2 fully saturated rings. The lowest BCUT2D eigenvalue weighted by atomic mass is 9.97.